The molecule has 9 nitrogen and oxygen atoms in total. The molecule has 2 aliphatic heterocycles. The zero-order valence-corrected chi connectivity index (χ0v) is 20.0. The number of hydrazone groups is 1. The highest BCUT2D eigenvalue weighted by Gasteiger charge is 2.45. The Morgan fingerprint density at radius 3 is 2.48 bits per heavy atom. The second-order valence-corrected chi connectivity index (χ2v) is 10.9. The number of ether oxygens (including phenoxy) is 1. The molecule has 1 saturated carbocycles. The second kappa shape index (κ2) is 9.11. The molecule has 0 atom stereocenters. The van der Waals surface area contributed by atoms with E-state index in [0.29, 0.717) is 43.9 Å². The molecule has 0 radical (unpaired) electrons. The summed E-state index contributed by atoms with van der Waals surface area (Å²) in [5.74, 6) is -0.529. The van der Waals surface area contributed by atoms with Gasteiger partial charge in [-0.05, 0) is 31.4 Å². The number of nitrogens with zero attached hydrogens (tertiary/aromatic N) is 4. The Morgan fingerprint density at radius 1 is 1.27 bits per heavy atom. The maximum Gasteiger partial charge on any atom is 0.281 e. The number of rotatable bonds is 6. The lowest BCUT2D eigenvalue weighted by molar-refractivity contribution is -0.532. The molecular formula is C22H31FN5O4S+. The highest BCUT2D eigenvalue weighted by atomic mass is 32.2. The van der Waals surface area contributed by atoms with Crippen LogP contribution in [0.2, 0.25) is 0 Å². The van der Waals surface area contributed by atoms with Gasteiger partial charge in [0.2, 0.25) is 6.54 Å². The lowest BCUT2D eigenvalue weighted by atomic mass is 9.93. The predicted molar refractivity (Wildman–Crippen MR) is 123 cm³/mol. The maximum atomic E-state index is 13.7. The molecule has 0 spiro atoms. The number of aryl methyl sites for hydroxylation is 1. The Hall–Kier alpha value is -2.37. The SMILES string of the molecule is C=[N+]1CC(S(=O)(=O)N2CCN(C3(CNC(=O)c4c(C)cc(F)cc4OC)CCCC3)CC2)=N1. The number of carbonyl (C=O) groups is 1. The van der Waals surface area contributed by atoms with Crippen molar-refractivity contribution in [3.63, 3.8) is 0 Å². The van der Waals surface area contributed by atoms with E-state index in [1.54, 1.807) is 6.92 Å². The Morgan fingerprint density at radius 2 is 1.91 bits per heavy atom. The van der Waals surface area contributed by atoms with Crippen LogP contribution in [0.5, 0.6) is 5.75 Å². The van der Waals surface area contributed by atoms with Crippen molar-refractivity contribution in [2.45, 2.75) is 38.1 Å². The summed E-state index contributed by atoms with van der Waals surface area (Å²) in [5, 5.41) is 7.11. The van der Waals surface area contributed by atoms with Crippen molar-refractivity contribution in [1.82, 2.24) is 14.5 Å². The summed E-state index contributed by atoms with van der Waals surface area (Å²) < 4.78 is 47.3. The number of carbonyl (C=O) groups excluding carboxylic acids is 1. The molecule has 0 aromatic heterocycles. The van der Waals surface area contributed by atoms with E-state index in [-0.39, 0.29) is 28.8 Å². The van der Waals surface area contributed by atoms with Crippen molar-refractivity contribution in [2.24, 2.45) is 5.10 Å². The van der Waals surface area contributed by atoms with Crippen LogP contribution in [0.15, 0.2) is 17.2 Å². The molecule has 33 heavy (non-hydrogen) atoms. The average molecular weight is 481 g/mol. The molecule has 1 N–H and O–H groups in total. The number of piperazine rings is 1. The third-order valence-electron chi connectivity index (χ3n) is 6.94. The van der Waals surface area contributed by atoms with Gasteiger partial charge in [-0.1, -0.05) is 17.5 Å². The number of hydrogen-bond donors (Lipinski definition) is 1. The second-order valence-electron chi connectivity index (χ2n) is 8.96. The molecule has 4 rings (SSSR count). The molecule has 1 aliphatic carbocycles. The minimum absolute atomic E-state index is 0.164. The van der Waals surface area contributed by atoms with E-state index < -0.39 is 15.8 Å². The van der Waals surface area contributed by atoms with Crippen molar-refractivity contribution in [2.75, 3.05) is 46.4 Å². The minimum atomic E-state index is -3.54. The van der Waals surface area contributed by atoms with Crippen LogP contribution in [0.1, 0.15) is 41.6 Å². The first kappa shape index (κ1) is 23.8. The Kier molecular flexibility index (Phi) is 6.56. The van der Waals surface area contributed by atoms with Gasteiger partial charge in [-0.2, -0.15) is 4.31 Å². The van der Waals surface area contributed by atoms with Gasteiger partial charge in [0.1, 0.15) is 11.6 Å². The standard InChI is InChI=1S/C22H30FN5O4S/c1-16-12-17(23)13-18(32-3)20(16)21(29)24-15-22(6-4-5-7-22)27-8-10-28(11-9-27)33(30,31)19-14-26(2)25-19/h12-13H,2,4-11,14-15H2,1,3H3/p+1. The van der Waals surface area contributed by atoms with Crippen LogP contribution in [-0.2, 0) is 10.0 Å². The molecule has 1 amide bonds. The summed E-state index contributed by atoms with van der Waals surface area (Å²) in [6.07, 6.45) is 3.98. The van der Waals surface area contributed by atoms with Gasteiger partial charge in [-0.3, -0.25) is 9.69 Å². The molecule has 2 fully saturated rings. The number of methoxy groups -OCH3 is 1. The van der Waals surface area contributed by atoms with E-state index in [1.165, 1.54) is 28.2 Å². The molecule has 0 unspecified atom stereocenters. The Balaban J connectivity index is 1.43. The topological polar surface area (TPSA) is 94.3 Å². The molecule has 2 heterocycles. The largest absolute Gasteiger partial charge is 0.496 e. The molecule has 1 aromatic carbocycles. The van der Waals surface area contributed by atoms with E-state index >= 15 is 0 Å². The van der Waals surface area contributed by atoms with Gasteiger partial charge >= 0.3 is 0 Å². The number of sulfonamides is 1. The average Bonchev–Trinajstić information content (AvgIpc) is 3.25. The number of hydrogen-bond acceptors (Lipinski definition) is 6. The quantitative estimate of drug-likeness (QED) is 0.617. The summed E-state index contributed by atoms with van der Waals surface area (Å²) in [7, 11) is -2.12. The first-order valence-electron chi connectivity index (χ1n) is 11.2. The van der Waals surface area contributed by atoms with E-state index in [2.05, 4.69) is 22.0 Å². The van der Waals surface area contributed by atoms with Crippen LogP contribution >= 0.6 is 0 Å². The Bertz CT molecular complexity index is 1090. The van der Waals surface area contributed by atoms with E-state index in [4.69, 9.17) is 4.74 Å². The lowest BCUT2D eigenvalue weighted by Crippen LogP contribution is -2.61. The van der Waals surface area contributed by atoms with Gasteiger partial charge in [-0.15, -0.1) is 0 Å². The first-order valence-corrected chi connectivity index (χ1v) is 12.6. The van der Waals surface area contributed by atoms with Crippen molar-refractivity contribution >= 4 is 27.7 Å². The van der Waals surface area contributed by atoms with Gasteiger partial charge in [0.15, 0.2) is 6.72 Å². The number of amides is 1. The number of halogens is 1. The van der Waals surface area contributed by atoms with Gasteiger partial charge in [0, 0.05) is 49.4 Å². The summed E-state index contributed by atoms with van der Waals surface area (Å²) in [4.78, 5) is 15.3. The summed E-state index contributed by atoms with van der Waals surface area (Å²) in [6.45, 7) is 7.93. The van der Waals surface area contributed by atoms with Crippen LogP contribution in [0.3, 0.4) is 0 Å². The fourth-order valence-corrected chi connectivity index (χ4v) is 6.60. The molecule has 180 valence electrons. The van der Waals surface area contributed by atoms with E-state index in [1.807, 2.05) is 0 Å². The van der Waals surface area contributed by atoms with E-state index in [9.17, 15) is 17.6 Å². The van der Waals surface area contributed by atoms with Crippen LogP contribution < -0.4 is 10.1 Å². The first-order chi connectivity index (χ1) is 15.7. The highest BCUT2D eigenvalue weighted by molar-refractivity contribution is 8.04. The lowest BCUT2D eigenvalue weighted by Gasteiger charge is -2.45. The zero-order valence-electron chi connectivity index (χ0n) is 19.1. The van der Waals surface area contributed by atoms with Gasteiger partial charge in [0.25, 0.3) is 21.0 Å². The minimum Gasteiger partial charge on any atom is -0.496 e. The van der Waals surface area contributed by atoms with Crippen molar-refractivity contribution in [1.29, 1.82) is 0 Å². The summed E-state index contributed by atoms with van der Waals surface area (Å²) >= 11 is 0. The van der Waals surface area contributed by atoms with Crippen molar-refractivity contribution in [3.05, 3.63) is 29.1 Å². The van der Waals surface area contributed by atoms with Gasteiger partial charge in [0.05, 0.1) is 12.7 Å². The third-order valence-corrected chi connectivity index (χ3v) is 8.79. The Labute approximate surface area is 193 Å². The van der Waals surface area contributed by atoms with Crippen LogP contribution in [0.25, 0.3) is 0 Å². The molecule has 1 saturated heterocycles. The smallest absolute Gasteiger partial charge is 0.281 e. The number of nitrogens with one attached hydrogen (secondary N) is 1. The number of benzene rings is 1. The fraction of sp³-hybridized carbons (Fsp3) is 0.591. The van der Waals surface area contributed by atoms with Crippen LogP contribution in [0.4, 0.5) is 4.39 Å². The zero-order chi connectivity index (χ0) is 23.8. The van der Waals surface area contributed by atoms with Crippen molar-refractivity contribution < 1.29 is 27.0 Å². The monoisotopic (exact) mass is 480 g/mol. The summed E-state index contributed by atoms with van der Waals surface area (Å²) in [5.41, 5.74) is 0.636. The normalized spacial score (nSPS) is 21.4. The van der Waals surface area contributed by atoms with Gasteiger partial charge in [-0.25, -0.2) is 12.8 Å². The molecule has 11 heteroatoms. The molecule has 1 aromatic rings. The summed E-state index contributed by atoms with van der Waals surface area (Å²) in [6, 6.07) is 2.54. The fourth-order valence-electron chi connectivity index (χ4n) is 5.12. The molecular weight excluding hydrogens is 449 g/mol. The van der Waals surface area contributed by atoms with Crippen LogP contribution in [-0.4, -0.2) is 91.9 Å². The van der Waals surface area contributed by atoms with Gasteiger partial charge < -0.3 is 10.1 Å². The molecule has 0 bridgehead atoms. The predicted octanol–water partition coefficient (Wildman–Crippen LogP) is 1.17. The third kappa shape index (κ3) is 4.53. The molecule has 3 aliphatic rings. The highest BCUT2D eigenvalue weighted by Crippen LogP contribution is 2.36. The van der Waals surface area contributed by atoms with Crippen molar-refractivity contribution in [3.8, 4) is 5.75 Å². The van der Waals surface area contributed by atoms with Crippen LogP contribution in [0, 0.1) is 12.7 Å². The maximum absolute atomic E-state index is 13.7. The van der Waals surface area contributed by atoms with E-state index in [0.717, 1.165) is 25.7 Å².